The number of benzene rings is 1. The van der Waals surface area contributed by atoms with Crippen LogP contribution in [0.3, 0.4) is 0 Å². The summed E-state index contributed by atoms with van der Waals surface area (Å²) in [4.78, 5) is 24.1. The Morgan fingerprint density at radius 1 is 1.21 bits per heavy atom. The third-order valence-electron chi connectivity index (χ3n) is 4.16. The molecule has 1 aromatic carbocycles. The summed E-state index contributed by atoms with van der Waals surface area (Å²) < 4.78 is 11.3. The monoisotopic (exact) mass is 462 g/mol. The van der Waals surface area contributed by atoms with E-state index in [1.807, 2.05) is 31.2 Å². The highest BCUT2D eigenvalue weighted by molar-refractivity contribution is 9.10. The second-order valence-electron chi connectivity index (χ2n) is 6.35. The number of hydrogen-bond acceptors (Lipinski definition) is 4. The number of ketones is 1. The number of methoxy groups -OCH3 is 1. The molecule has 0 aliphatic carbocycles. The molecule has 1 unspecified atom stereocenters. The minimum atomic E-state index is -0.986. The van der Waals surface area contributed by atoms with Gasteiger partial charge in [0.05, 0.1) is 17.9 Å². The summed E-state index contributed by atoms with van der Waals surface area (Å²) in [7, 11) is 1.34. The van der Waals surface area contributed by atoms with Gasteiger partial charge in [-0.3, -0.25) is 4.79 Å². The number of carbonyl (C=O) groups excluding carboxylic acids is 2. The molecule has 4 nitrogen and oxygen atoms in total. The second kappa shape index (κ2) is 9.11. The van der Waals surface area contributed by atoms with Crippen molar-refractivity contribution in [2.75, 3.05) is 19.0 Å². The highest BCUT2D eigenvalue weighted by atomic mass is 79.9. The van der Waals surface area contributed by atoms with Gasteiger partial charge in [0.15, 0.2) is 11.4 Å². The summed E-state index contributed by atoms with van der Waals surface area (Å²) >= 11 is 6.74. The Bertz CT molecular complexity index is 586. The average molecular weight is 464 g/mol. The number of halogens is 2. The van der Waals surface area contributed by atoms with Gasteiger partial charge in [0.1, 0.15) is 0 Å². The highest BCUT2D eigenvalue weighted by Gasteiger charge is 2.34. The molecule has 0 saturated heterocycles. The Kier molecular flexibility index (Phi) is 8.09. The first-order valence-electron chi connectivity index (χ1n) is 7.75. The molecule has 0 radical (unpaired) electrons. The van der Waals surface area contributed by atoms with E-state index in [-0.39, 0.29) is 5.78 Å². The summed E-state index contributed by atoms with van der Waals surface area (Å²) in [5.74, 6) is -0.290. The molecule has 0 aliphatic heterocycles. The summed E-state index contributed by atoms with van der Waals surface area (Å²) in [6, 6.07) is 7.80. The van der Waals surface area contributed by atoms with Gasteiger partial charge < -0.3 is 9.47 Å². The molecule has 0 N–H and O–H groups in total. The van der Waals surface area contributed by atoms with Crippen molar-refractivity contribution in [1.82, 2.24) is 0 Å². The van der Waals surface area contributed by atoms with E-state index in [2.05, 4.69) is 31.9 Å². The third-order valence-corrected chi connectivity index (χ3v) is 5.16. The van der Waals surface area contributed by atoms with Gasteiger partial charge in [0.25, 0.3) is 0 Å². The molecule has 24 heavy (non-hydrogen) atoms. The maximum atomic E-state index is 12.5. The van der Waals surface area contributed by atoms with Crippen molar-refractivity contribution in [2.45, 2.75) is 44.6 Å². The van der Waals surface area contributed by atoms with Gasteiger partial charge in [-0.25, -0.2) is 4.79 Å². The molecule has 0 spiro atoms. The lowest BCUT2D eigenvalue weighted by Gasteiger charge is -2.29. The number of carbonyl (C=O) groups is 2. The van der Waals surface area contributed by atoms with Crippen LogP contribution in [-0.2, 0) is 24.5 Å². The van der Waals surface area contributed by atoms with Crippen LogP contribution in [0.2, 0.25) is 0 Å². The summed E-state index contributed by atoms with van der Waals surface area (Å²) in [6.45, 7) is 5.68. The van der Waals surface area contributed by atoms with E-state index in [4.69, 9.17) is 9.47 Å². The summed E-state index contributed by atoms with van der Waals surface area (Å²) in [5.41, 5.74) is -0.625. The van der Waals surface area contributed by atoms with Gasteiger partial charge in [-0.2, -0.15) is 0 Å². The molecular weight excluding hydrogens is 440 g/mol. The first-order chi connectivity index (χ1) is 11.2. The number of rotatable bonds is 9. The minimum Gasteiger partial charge on any atom is -0.467 e. The fraction of sp³-hybridized carbons (Fsp3) is 0.556. The number of Topliss-reactive ketones (excluding diaryl/α,β-unsaturated/α-hetero) is 1. The van der Waals surface area contributed by atoms with Crippen molar-refractivity contribution in [3.8, 4) is 0 Å². The maximum absolute atomic E-state index is 12.5. The van der Waals surface area contributed by atoms with Gasteiger partial charge in [-0.1, -0.05) is 44.0 Å². The average Bonchev–Trinajstić information content (AvgIpc) is 2.56. The largest absolute Gasteiger partial charge is 0.467 e. The highest BCUT2D eigenvalue weighted by Crippen LogP contribution is 2.32. The van der Waals surface area contributed by atoms with Crippen LogP contribution >= 0.6 is 31.9 Å². The van der Waals surface area contributed by atoms with E-state index in [1.165, 1.54) is 7.11 Å². The molecule has 1 atom stereocenters. The van der Waals surface area contributed by atoms with E-state index >= 15 is 0 Å². The van der Waals surface area contributed by atoms with Crippen LogP contribution < -0.4 is 0 Å². The zero-order valence-corrected chi connectivity index (χ0v) is 17.7. The number of hydrogen-bond donors (Lipinski definition) is 0. The second-order valence-corrected chi connectivity index (χ2v) is 7.83. The van der Waals surface area contributed by atoms with Crippen LogP contribution in [-0.4, -0.2) is 36.4 Å². The maximum Gasteiger partial charge on any atom is 0.337 e. The van der Waals surface area contributed by atoms with Gasteiger partial charge in [-0.15, -0.1) is 0 Å². The van der Waals surface area contributed by atoms with Crippen LogP contribution in [0.25, 0.3) is 0 Å². The van der Waals surface area contributed by atoms with Gasteiger partial charge in [-0.05, 0) is 51.3 Å². The zero-order valence-electron chi connectivity index (χ0n) is 14.5. The molecule has 1 rings (SSSR count). The van der Waals surface area contributed by atoms with Crippen molar-refractivity contribution >= 4 is 43.6 Å². The predicted octanol–water partition coefficient (Wildman–Crippen LogP) is 4.42. The lowest BCUT2D eigenvalue weighted by Crippen LogP contribution is -2.37. The lowest BCUT2D eigenvalue weighted by atomic mass is 9.75. The Morgan fingerprint density at radius 2 is 1.88 bits per heavy atom. The molecule has 0 aromatic heterocycles. The molecule has 0 saturated carbocycles. The number of ether oxygens (including phenoxy) is 2. The van der Waals surface area contributed by atoms with Crippen molar-refractivity contribution in [3.63, 3.8) is 0 Å². The smallest absolute Gasteiger partial charge is 0.337 e. The number of esters is 1. The van der Waals surface area contributed by atoms with E-state index in [0.717, 1.165) is 10.0 Å². The summed E-state index contributed by atoms with van der Waals surface area (Å²) in [5, 5.41) is 0.296. The van der Waals surface area contributed by atoms with Crippen LogP contribution in [0.1, 0.15) is 39.2 Å². The topological polar surface area (TPSA) is 52.6 Å². The lowest BCUT2D eigenvalue weighted by molar-refractivity contribution is -0.165. The molecule has 6 heteroatoms. The predicted molar refractivity (Wildman–Crippen MR) is 102 cm³/mol. The molecule has 0 amide bonds. The molecule has 134 valence electrons. The van der Waals surface area contributed by atoms with E-state index < -0.39 is 17.0 Å². The van der Waals surface area contributed by atoms with E-state index in [9.17, 15) is 9.59 Å². The standard InChI is InChI=1S/C18H24Br2O4/c1-17(2,16(22)23-4)24-10-6-9-18(3,15(21)12-19)13-7-5-8-14(20)11-13/h5,7-8,11H,6,9-10,12H2,1-4H3. The van der Waals surface area contributed by atoms with E-state index in [1.54, 1.807) is 13.8 Å². The van der Waals surface area contributed by atoms with Crippen LogP contribution in [0.5, 0.6) is 0 Å². The Labute approximate surface area is 160 Å². The molecule has 0 aliphatic rings. The zero-order chi connectivity index (χ0) is 18.4. The van der Waals surface area contributed by atoms with Crippen LogP contribution in [0.15, 0.2) is 28.7 Å². The molecule has 0 fully saturated rings. The Morgan fingerprint density at radius 3 is 2.42 bits per heavy atom. The molecule has 0 bridgehead atoms. The van der Waals surface area contributed by atoms with Gasteiger partial charge in [0.2, 0.25) is 0 Å². The van der Waals surface area contributed by atoms with Gasteiger partial charge >= 0.3 is 5.97 Å². The molecule has 1 aromatic rings. The normalized spacial score (nSPS) is 14.1. The Hall–Kier alpha value is -0.720. The first-order valence-corrected chi connectivity index (χ1v) is 9.66. The van der Waals surface area contributed by atoms with E-state index in [0.29, 0.717) is 24.8 Å². The SMILES string of the molecule is COC(=O)C(C)(C)OCCCC(C)(C(=O)CBr)c1cccc(Br)c1. The third kappa shape index (κ3) is 5.39. The van der Waals surface area contributed by atoms with Crippen molar-refractivity contribution in [3.05, 3.63) is 34.3 Å². The quantitative estimate of drug-likeness (QED) is 0.309. The van der Waals surface area contributed by atoms with Crippen molar-refractivity contribution in [2.24, 2.45) is 0 Å². The van der Waals surface area contributed by atoms with Crippen molar-refractivity contribution in [1.29, 1.82) is 0 Å². The van der Waals surface area contributed by atoms with Gasteiger partial charge in [0, 0.05) is 11.1 Å². The summed E-state index contributed by atoms with van der Waals surface area (Å²) in [6.07, 6.45) is 1.29. The van der Waals surface area contributed by atoms with Crippen molar-refractivity contribution < 1.29 is 19.1 Å². The minimum absolute atomic E-state index is 0.118. The number of alkyl halides is 1. The first kappa shape index (κ1) is 21.3. The molecular formula is C18H24Br2O4. The fourth-order valence-electron chi connectivity index (χ4n) is 2.48. The van der Waals surface area contributed by atoms with Crippen LogP contribution in [0, 0.1) is 0 Å². The molecule has 0 heterocycles. The Balaban J connectivity index is 2.79. The fourth-order valence-corrected chi connectivity index (χ4v) is 3.50. The van der Waals surface area contributed by atoms with Crippen LogP contribution in [0.4, 0.5) is 0 Å².